The van der Waals surface area contributed by atoms with E-state index < -0.39 is 0 Å². The van der Waals surface area contributed by atoms with Crippen LogP contribution in [0, 0.1) is 6.42 Å². The second kappa shape index (κ2) is 3.06. The van der Waals surface area contributed by atoms with Gasteiger partial charge in [0.25, 0.3) is 0 Å². The summed E-state index contributed by atoms with van der Waals surface area (Å²) in [5.41, 5.74) is 0.924. The second-order valence-corrected chi connectivity index (χ2v) is 1.90. The molecule has 0 saturated carbocycles. The first-order valence-electron chi connectivity index (χ1n) is 2.99. The standard InChI is InChI=1S/C9H8O/c1-2-3-8-4-6-9(10)7-5-8/h2,4-7,10H,1H2. The van der Waals surface area contributed by atoms with Gasteiger partial charge in [0.2, 0.25) is 0 Å². The summed E-state index contributed by atoms with van der Waals surface area (Å²) in [4.78, 5) is 0. The molecule has 10 heavy (non-hydrogen) atoms. The monoisotopic (exact) mass is 132 g/mol. The normalized spacial score (nSPS) is 9.20. The summed E-state index contributed by atoms with van der Waals surface area (Å²) in [6.45, 7) is 3.50. The van der Waals surface area contributed by atoms with E-state index in [0.29, 0.717) is 0 Å². The van der Waals surface area contributed by atoms with E-state index in [0.717, 1.165) is 5.56 Å². The van der Waals surface area contributed by atoms with E-state index in [-0.39, 0.29) is 5.75 Å². The van der Waals surface area contributed by atoms with Crippen LogP contribution >= 0.6 is 0 Å². The molecule has 50 valence electrons. The van der Waals surface area contributed by atoms with Gasteiger partial charge in [0.05, 0.1) is 0 Å². The fourth-order valence-corrected chi connectivity index (χ4v) is 0.676. The maximum atomic E-state index is 8.87. The fraction of sp³-hybridized carbons (Fsp3) is 0. The van der Waals surface area contributed by atoms with Crippen LogP contribution in [0.25, 0.3) is 0 Å². The van der Waals surface area contributed by atoms with Gasteiger partial charge in [-0.1, -0.05) is 18.2 Å². The van der Waals surface area contributed by atoms with Crippen molar-refractivity contribution in [3.05, 3.63) is 48.9 Å². The molecule has 0 bridgehead atoms. The Morgan fingerprint density at radius 1 is 1.30 bits per heavy atom. The first-order chi connectivity index (χ1) is 4.83. The quantitative estimate of drug-likeness (QED) is 0.652. The third-order valence-electron chi connectivity index (χ3n) is 1.14. The van der Waals surface area contributed by atoms with Crippen molar-refractivity contribution in [3.63, 3.8) is 0 Å². The minimum atomic E-state index is 0.273. The van der Waals surface area contributed by atoms with Crippen LogP contribution in [0.2, 0.25) is 0 Å². The summed E-state index contributed by atoms with van der Waals surface area (Å²) in [5.74, 6) is 0.273. The summed E-state index contributed by atoms with van der Waals surface area (Å²) in [6, 6.07) is 6.78. The molecule has 1 nitrogen and oxygen atoms in total. The lowest BCUT2D eigenvalue weighted by molar-refractivity contribution is 0.475. The average molecular weight is 132 g/mol. The van der Waals surface area contributed by atoms with Crippen LogP contribution in [0.3, 0.4) is 0 Å². The number of hydrogen-bond acceptors (Lipinski definition) is 1. The Balaban J connectivity index is 2.78. The third-order valence-corrected chi connectivity index (χ3v) is 1.14. The van der Waals surface area contributed by atoms with Crippen molar-refractivity contribution in [2.24, 2.45) is 0 Å². The fourth-order valence-electron chi connectivity index (χ4n) is 0.676. The molecular formula is C9H8O. The molecule has 2 radical (unpaired) electrons. The predicted octanol–water partition coefficient (Wildman–Crippen LogP) is 2.01. The molecule has 1 heteroatoms. The highest BCUT2D eigenvalue weighted by atomic mass is 16.3. The molecule has 0 fully saturated rings. The molecule has 0 atom stereocenters. The van der Waals surface area contributed by atoms with Gasteiger partial charge in [-0.2, -0.15) is 0 Å². The molecule has 0 spiro atoms. The first-order valence-corrected chi connectivity index (χ1v) is 2.99. The number of aromatic hydroxyl groups is 1. The van der Waals surface area contributed by atoms with Crippen molar-refractivity contribution in [1.29, 1.82) is 0 Å². The van der Waals surface area contributed by atoms with E-state index in [9.17, 15) is 0 Å². The maximum Gasteiger partial charge on any atom is 0.115 e. The number of phenols is 1. The molecule has 0 unspecified atom stereocenters. The van der Waals surface area contributed by atoms with Crippen molar-refractivity contribution in [3.8, 4) is 5.75 Å². The largest absolute Gasteiger partial charge is 0.508 e. The Bertz CT molecular complexity index is 211. The van der Waals surface area contributed by atoms with Gasteiger partial charge >= 0.3 is 0 Å². The van der Waals surface area contributed by atoms with Crippen LogP contribution in [0.5, 0.6) is 5.75 Å². The van der Waals surface area contributed by atoms with Gasteiger partial charge in [0.1, 0.15) is 5.75 Å². The van der Waals surface area contributed by atoms with Crippen molar-refractivity contribution < 1.29 is 5.11 Å². The molecule has 0 aliphatic rings. The van der Waals surface area contributed by atoms with Crippen LogP contribution in [0.15, 0.2) is 36.9 Å². The molecule has 1 rings (SSSR count). The van der Waals surface area contributed by atoms with E-state index in [1.54, 1.807) is 30.3 Å². The highest BCUT2D eigenvalue weighted by molar-refractivity contribution is 5.32. The molecule has 0 aliphatic heterocycles. The van der Waals surface area contributed by atoms with Crippen LogP contribution in [-0.4, -0.2) is 5.11 Å². The van der Waals surface area contributed by atoms with Gasteiger partial charge in [0, 0.05) is 6.42 Å². The predicted molar refractivity (Wildman–Crippen MR) is 40.6 cm³/mol. The highest BCUT2D eigenvalue weighted by Crippen LogP contribution is 2.10. The number of hydrogen-bond donors (Lipinski definition) is 1. The van der Waals surface area contributed by atoms with E-state index in [4.69, 9.17) is 5.11 Å². The molecule has 0 aromatic heterocycles. The third kappa shape index (κ3) is 1.62. The Kier molecular flexibility index (Phi) is 2.11. The van der Waals surface area contributed by atoms with Gasteiger partial charge < -0.3 is 5.11 Å². The molecule has 1 aromatic carbocycles. The summed E-state index contributed by atoms with van der Waals surface area (Å²) >= 11 is 0. The van der Waals surface area contributed by atoms with Crippen molar-refractivity contribution in [2.75, 3.05) is 0 Å². The van der Waals surface area contributed by atoms with E-state index >= 15 is 0 Å². The topological polar surface area (TPSA) is 20.2 Å². The molecule has 0 amide bonds. The van der Waals surface area contributed by atoms with Crippen LogP contribution < -0.4 is 0 Å². The smallest absolute Gasteiger partial charge is 0.115 e. The van der Waals surface area contributed by atoms with Gasteiger partial charge in [-0.25, -0.2) is 0 Å². The Hall–Kier alpha value is -1.24. The molecule has 0 aliphatic carbocycles. The van der Waals surface area contributed by atoms with Crippen molar-refractivity contribution in [1.82, 2.24) is 0 Å². The molecular weight excluding hydrogens is 124 g/mol. The summed E-state index contributed by atoms with van der Waals surface area (Å²) in [7, 11) is 0. The second-order valence-electron chi connectivity index (χ2n) is 1.90. The minimum absolute atomic E-state index is 0.273. The van der Waals surface area contributed by atoms with Crippen LogP contribution in [-0.2, 0) is 0 Å². The Labute approximate surface area is 60.6 Å². The van der Waals surface area contributed by atoms with E-state index in [1.165, 1.54) is 0 Å². The van der Waals surface area contributed by atoms with Gasteiger partial charge in [-0.15, -0.1) is 6.58 Å². The Morgan fingerprint density at radius 2 is 1.90 bits per heavy atom. The van der Waals surface area contributed by atoms with Crippen molar-refractivity contribution >= 4 is 0 Å². The van der Waals surface area contributed by atoms with Gasteiger partial charge in [-0.05, 0) is 17.7 Å². The van der Waals surface area contributed by atoms with Crippen molar-refractivity contribution in [2.45, 2.75) is 0 Å². The van der Waals surface area contributed by atoms with E-state index in [1.807, 2.05) is 0 Å². The SMILES string of the molecule is C=C[C]c1ccc(O)cc1. The lowest BCUT2D eigenvalue weighted by Gasteiger charge is -1.93. The molecule has 1 N–H and O–H groups in total. The molecule has 0 heterocycles. The van der Waals surface area contributed by atoms with Crippen LogP contribution in [0.4, 0.5) is 0 Å². The van der Waals surface area contributed by atoms with Crippen LogP contribution in [0.1, 0.15) is 5.56 Å². The summed E-state index contributed by atoms with van der Waals surface area (Å²) in [6.07, 6.45) is 4.48. The number of benzene rings is 1. The Morgan fingerprint density at radius 3 is 2.40 bits per heavy atom. The minimum Gasteiger partial charge on any atom is -0.508 e. The number of allylic oxidation sites excluding steroid dienone is 1. The zero-order valence-corrected chi connectivity index (χ0v) is 5.54. The maximum absolute atomic E-state index is 8.87. The summed E-state index contributed by atoms with van der Waals surface area (Å²) < 4.78 is 0. The zero-order valence-electron chi connectivity index (χ0n) is 5.54. The lowest BCUT2D eigenvalue weighted by atomic mass is 10.1. The zero-order chi connectivity index (χ0) is 7.40. The number of rotatable bonds is 2. The van der Waals surface area contributed by atoms with E-state index in [2.05, 4.69) is 13.0 Å². The molecule has 0 saturated heterocycles. The lowest BCUT2D eigenvalue weighted by Crippen LogP contribution is -1.74. The van der Waals surface area contributed by atoms with Gasteiger partial charge in [0.15, 0.2) is 0 Å². The number of phenolic OH excluding ortho intramolecular Hbond substituents is 1. The first kappa shape index (κ1) is 6.87. The average Bonchev–Trinajstić information content (AvgIpc) is 1.95. The highest BCUT2D eigenvalue weighted by Gasteiger charge is 1.88. The summed E-state index contributed by atoms with van der Waals surface area (Å²) in [5, 5.41) is 8.87. The van der Waals surface area contributed by atoms with Gasteiger partial charge in [-0.3, -0.25) is 0 Å². The molecule has 1 aromatic rings.